The third kappa shape index (κ3) is 4.44. The summed E-state index contributed by atoms with van der Waals surface area (Å²) in [7, 11) is -1.55. The van der Waals surface area contributed by atoms with E-state index in [2.05, 4.69) is 30.5 Å². The zero-order valence-electron chi connectivity index (χ0n) is 19.7. The average Bonchev–Trinajstić information content (AvgIpc) is 2.92. The molecule has 0 amide bonds. The van der Waals surface area contributed by atoms with Crippen molar-refractivity contribution in [2.75, 3.05) is 18.6 Å². The number of rotatable bonds is 9. The number of nitrogens with zero attached hydrogens (tertiary/aromatic N) is 1. The standard InChI is InChI=1S/C30H30NO2P/c1-4-23-31(24(2)25-15-8-5-9-16-25)30-28(33-3)21-14-22-29(30)34(32,26-17-10-6-11-18-26)27-19-12-7-13-20-27/h4-22,24H,1,23H2,2-3H3/t24-/m0/s1. The Kier molecular flexibility index (Phi) is 7.35. The van der Waals surface area contributed by atoms with Gasteiger partial charge in [-0.2, -0.15) is 0 Å². The Bertz CT molecular complexity index is 1230. The number of hydrogen-bond acceptors (Lipinski definition) is 3. The van der Waals surface area contributed by atoms with Crippen LogP contribution in [0.2, 0.25) is 0 Å². The first-order chi connectivity index (χ1) is 16.6. The molecule has 0 saturated heterocycles. The highest BCUT2D eigenvalue weighted by Crippen LogP contribution is 2.48. The van der Waals surface area contributed by atoms with Crippen LogP contribution >= 0.6 is 7.14 Å². The topological polar surface area (TPSA) is 29.5 Å². The molecule has 34 heavy (non-hydrogen) atoms. The summed E-state index contributed by atoms with van der Waals surface area (Å²) in [4.78, 5) is 2.23. The van der Waals surface area contributed by atoms with Crippen molar-refractivity contribution in [3.05, 3.63) is 127 Å². The maximum atomic E-state index is 15.3. The molecule has 0 spiro atoms. The maximum Gasteiger partial charge on any atom is 0.173 e. The third-order valence-corrected chi connectivity index (χ3v) is 9.23. The van der Waals surface area contributed by atoms with Crippen molar-refractivity contribution in [2.24, 2.45) is 0 Å². The first-order valence-electron chi connectivity index (χ1n) is 11.4. The maximum absolute atomic E-state index is 15.3. The van der Waals surface area contributed by atoms with Crippen LogP contribution < -0.4 is 25.6 Å². The molecule has 0 N–H and O–H groups in total. The molecule has 0 unspecified atom stereocenters. The molecule has 0 aliphatic heterocycles. The normalized spacial score (nSPS) is 12.1. The van der Waals surface area contributed by atoms with E-state index in [-0.39, 0.29) is 6.04 Å². The quantitative estimate of drug-likeness (QED) is 0.220. The molecule has 0 radical (unpaired) electrons. The summed E-state index contributed by atoms with van der Waals surface area (Å²) >= 11 is 0. The molecule has 0 aliphatic carbocycles. The highest BCUT2D eigenvalue weighted by atomic mass is 31.2. The molecule has 4 rings (SSSR count). The van der Waals surface area contributed by atoms with Crippen LogP contribution in [0.5, 0.6) is 5.75 Å². The Labute approximate surface area is 202 Å². The molecule has 0 heterocycles. The predicted molar refractivity (Wildman–Crippen MR) is 145 cm³/mol. The molecule has 0 saturated carbocycles. The predicted octanol–water partition coefficient (Wildman–Crippen LogP) is 6.09. The lowest BCUT2D eigenvalue weighted by molar-refractivity contribution is 0.414. The number of anilines is 1. The lowest BCUT2D eigenvalue weighted by atomic mass is 10.1. The van der Waals surface area contributed by atoms with Gasteiger partial charge in [0.2, 0.25) is 0 Å². The van der Waals surface area contributed by atoms with E-state index >= 15 is 4.57 Å². The summed E-state index contributed by atoms with van der Waals surface area (Å²) in [5.41, 5.74) is 1.99. The minimum absolute atomic E-state index is 0.00856. The highest BCUT2D eigenvalue weighted by molar-refractivity contribution is 7.85. The molecule has 0 aliphatic rings. The molecule has 172 valence electrons. The van der Waals surface area contributed by atoms with Gasteiger partial charge in [-0.1, -0.05) is 103 Å². The van der Waals surface area contributed by atoms with E-state index in [0.29, 0.717) is 12.3 Å². The van der Waals surface area contributed by atoms with Crippen molar-refractivity contribution in [3.63, 3.8) is 0 Å². The van der Waals surface area contributed by atoms with Gasteiger partial charge in [0, 0.05) is 22.5 Å². The van der Waals surface area contributed by atoms with Gasteiger partial charge in [-0.25, -0.2) is 0 Å². The molecule has 4 heteroatoms. The minimum atomic E-state index is -3.22. The van der Waals surface area contributed by atoms with Gasteiger partial charge in [-0.05, 0) is 24.6 Å². The van der Waals surface area contributed by atoms with Gasteiger partial charge in [0.1, 0.15) is 5.75 Å². The summed E-state index contributed by atoms with van der Waals surface area (Å²) < 4.78 is 21.1. The number of ether oxygens (including phenoxy) is 1. The minimum Gasteiger partial charge on any atom is -0.495 e. The van der Waals surface area contributed by atoms with Crippen LogP contribution in [0.25, 0.3) is 0 Å². The fourth-order valence-corrected chi connectivity index (χ4v) is 7.29. The Morgan fingerprint density at radius 3 is 1.85 bits per heavy atom. The van der Waals surface area contributed by atoms with Crippen molar-refractivity contribution < 1.29 is 9.30 Å². The lowest BCUT2D eigenvalue weighted by Gasteiger charge is -2.35. The summed E-state index contributed by atoms with van der Waals surface area (Å²) in [5.74, 6) is 0.689. The summed E-state index contributed by atoms with van der Waals surface area (Å²) in [6.07, 6.45) is 1.88. The van der Waals surface area contributed by atoms with Gasteiger partial charge in [0.05, 0.1) is 18.8 Å². The van der Waals surface area contributed by atoms with Crippen molar-refractivity contribution in [3.8, 4) is 5.75 Å². The first kappa shape index (κ1) is 23.6. The van der Waals surface area contributed by atoms with Gasteiger partial charge < -0.3 is 14.2 Å². The van der Waals surface area contributed by atoms with Gasteiger partial charge in [0.25, 0.3) is 0 Å². The van der Waals surface area contributed by atoms with E-state index in [0.717, 1.165) is 27.2 Å². The largest absolute Gasteiger partial charge is 0.495 e. The number of hydrogen-bond donors (Lipinski definition) is 0. The second-order valence-corrected chi connectivity index (χ2v) is 10.9. The Balaban J connectivity index is 2.02. The average molecular weight is 468 g/mol. The van der Waals surface area contributed by atoms with Crippen LogP contribution in [0, 0.1) is 0 Å². The SMILES string of the molecule is C=CCN(c1c(OC)cccc1P(=O)(c1ccccc1)c1ccccc1)[C@@H](C)c1ccccc1. The third-order valence-electron chi connectivity index (χ3n) is 6.14. The van der Waals surface area contributed by atoms with E-state index in [9.17, 15) is 0 Å². The molecular formula is C30H30NO2P. The van der Waals surface area contributed by atoms with Crippen LogP contribution in [0.15, 0.2) is 122 Å². The van der Waals surface area contributed by atoms with Crippen LogP contribution in [0.4, 0.5) is 5.69 Å². The molecular weight excluding hydrogens is 437 g/mol. The Hall–Kier alpha value is -3.55. The van der Waals surface area contributed by atoms with Crippen LogP contribution in [0.1, 0.15) is 18.5 Å². The van der Waals surface area contributed by atoms with Gasteiger partial charge in [-0.3, -0.25) is 0 Å². The van der Waals surface area contributed by atoms with Crippen LogP contribution in [-0.2, 0) is 4.57 Å². The molecule has 4 aromatic rings. The van der Waals surface area contributed by atoms with Gasteiger partial charge in [0.15, 0.2) is 7.14 Å². The van der Waals surface area contributed by atoms with Crippen molar-refractivity contribution in [1.29, 1.82) is 0 Å². The van der Waals surface area contributed by atoms with Crippen LogP contribution in [-0.4, -0.2) is 13.7 Å². The molecule has 0 aromatic heterocycles. The van der Waals surface area contributed by atoms with Crippen molar-refractivity contribution in [1.82, 2.24) is 0 Å². The zero-order valence-corrected chi connectivity index (χ0v) is 20.6. The monoisotopic (exact) mass is 467 g/mol. The Morgan fingerprint density at radius 2 is 1.35 bits per heavy atom. The Morgan fingerprint density at radius 1 is 0.824 bits per heavy atom. The second kappa shape index (κ2) is 10.6. The van der Waals surface area contributed by atoms with Gasteiger partial charge in [-0.15, -0.1) is 6.58 Å². The molecule has 0 bridgehead atoms. The summed E-state index contributed by atoms with van der Waals surface area (Å²) in [6.45, 7) is 6.75. The fourth-order valence-electron chi connectivity index (χ4n) is 4.41. The van der Waals surface area contributed by atoms with E-state index in [4.69, 9.17) is 4.74 Å². The molecule has 4 aromatic carbocycles. The van der Waals surface area contributed by atoms with Crippen LogP contribution in [0.3, 0.4) is 0 Å². The van der Waals surface area contributed by atoms with Gasteiger partial charge >= 0.3 is 0 Å². The smallest absolute Gasteiger partial charge is 0.173 e. The molecule has 3 nitrogen and oxygen atoms in total. The van der Waals surface area contributed by atoms with E-state index < -0.39 is 7.14 Å². The number of methoxy groups -OCH3 is 1. The number of para-hydroxylation sites is 1. The lowest BCUT2D eigenvalue weighted by Crippen LogP contribution is -2.35. The van der Waals surface area contributed by atoms with E-state index in [1.165, 1.54) is 0 Å². The zero-order chi connectivity index (χ0) is 24.0. The molecule has 1 atom stereocenters. The highest BCUT2D eigenvalue weighted by Gasteiger charge is 2.35. The fraction of sp³-hybridized carbons (Fsp3) is 0.133. The molecule has 0 fully saturated rings. The van der Waals surface area contributed by atoms with E-state index in [1.54, 1.807) is 7.11 Å². The van der Waals surface area contributed by atoms with Crippen molar-refractivity contribution in [2.45, 2.75) is 13.0 Å². The summed E-state index contributed by atoms with van der Waals surface area (Å²) in [5, 5.41) is 2.34. The van der Waals surface area contributed by atoms with E-state index in [1.807, 2.05) is 103 Å². The second-order valence-electron chi connectivity index (χ2n) is 8.14. The number of benzene rings is 4. The summed E-state index contributed by atoms with van der Waals surface area (Å²) in [6, 6.07) is 35.7. The first-order valence-corrected chi connectivity index (χ1v) is 13.1. The van der Waals surface area contributed by atoms with Crippen molar-refractivity contribution >= 4 is 28.7 Å².